The van der Waals surface area contributed by atoms with E-state index in [9.17, 15) is 0 Å². The molecule has 1 unspecified atom stereocenters. The monoisotopic (exact) mass is 291 g/mol. The Bertz CT molecular complexity index is 471. The summed E-state index contributed by atoms with van der Waals surface area (Å²) < 4.78 is 5.48. The van der Waals surface area contributed by atoms with Gasteiger partial charge in [-0.05, 0) is 63.6 Å². The van der Waals surface area contributed by atoms with E-state index in [1.165, 1.54) is 17.7 Å². The van der Waals surface area contributed by atoms with Gasteiger partial charge in [-0.15, -0.1) is 0 Å². The molecule has 1 aromatic rings. The van der Waals surface area contributed by atoms with E-state index in [1.54, 1.807) is 7.11 Å². The standard InChI is InChI=1S/C17H29N3O/c1-12(2)9-18-10-13-6-7-15-14(8-13)11-19-16(20-15)17(3,4)21-5/h11-13,18H,6-10H2,1-5H3. The summed E-state index contributed by atoms with van der Waals surface area (Å²) in [6.45, 7) is 10.7. The minimum atomic E-state index is -0.412. The number of hydrogen-bond donors (Lipinski definition) is 1. The molecule has 0 aliphatic heterocycles. The van der Waals surface area contributed by atoms with E-state index in [-0.39, 0.29) is 0 Å². The van der Waals surface area contributed by atoms with Gasteiger partial charge in [0.25, 0.3) is 0 Å². The first-order valence-corrected chi connectivity index (χ1v) is 8.03. The topological polar surface area (TPSA) is 47.0 Å². The normalized spacial score (nSPS) is 18.9. The molecule has 0 saturated carbocycles. The third-order valence-electron chi connectivity index (χ3n) is 4.29. The Labute approximate surface area is 128 Å². The van der Waals surface area contributed by atoms with Gasteiger partial charge in [0, 0.05) is 19.0 Å². The molecular weight excluding hydrogens is 262 g/mol. The summed E-state index contributed by atoms with van der Waals surface area (Å²) in [4.78, 5) is 9.26. The van der Waals surface area contributed by atoms with E-state index in [0.717, 1.165) is 31.8 Å². The minimum Gasteiger partial charge on any atom is -0.371 e. The molecule has 2 rings (SSSR count). The molecule has 0 fully saturated rings. The van der Waals surface area contributed by atoms with E-state index in [0.29, 0.717) is 11.8 Å². The maximum absolute atomic E-state index is 5.48. The number of hydrogen-bond acceptors (Lipinski definition) is 4. The second-order valence-corrected chi connectivity index (χ2v) is 7.04. The summed E-state index contributed by atoms with van der Waals surface area (Å²) in [5.41, 5.74) is 2.11. The summed E-state index contributed by atoms with van der Waals surface area (Å²) in [5.74, 6) is 2.21. The zero-order valence-electron chi connectivity index (χ0n) is 14.1. The van der Waals surface area contributed by atoms with E-state index in [1.807, 2.05) is 20.0 Å². The molecule has 1 aromatic heterocycles. The number of fused-ring (bicyclic) bond motifs is 1. The smallest absolute Gasteiger partial charge is 0.159 e. The Balaban J connectivity index is 1.99. The second kappa shape index (κ2) is 6.84. The molecule has 1 aliphatic carbocycles. The van der Waals surface area contributed by atoms with Crippen molar-refractivity contribution in [3.63, 3.8) is 0 Å². The van der Waals surface area contributed by atoms with Crippen LogP contribution in [-0.4, -0.2) is 30.2 Å². The summed E-state index contributed by atoms with van der Waals surface area (Å²) >= 11 is 0. The van der Waals surface area contributed by atoms with Gasteiger partial charge in [0.05, 0.1) is 0 Å². The van der Waals surface area contributed by atoms with E-state index in [2.05, 4.69) is 24.1 Å². The fraction of sp³-hybridized carbons (Fsp3) is 0.765. The number of aryl methyl sites for hydroxylation is 1. The van der Waals surface area contributed by atoms with E-state index in [4.69, 9.17) is 9.72 Å². The number of rotatable bonds is 6. The molecule has 0 amide bonds. The third kappa shape index (κ3) is 4.24. The first-order chi connectivity index (χ1) is 9.92. The first kappa shape index (κ1) is 16.4. The molecule has 0 radical (unpaired) electrons. The fourth-order valence-electron chi connectivity index (χ4n) is 2.71. The molecular formula is C17H29N3O. The zero-order valence-corrected chi connectivity index (χ0v) is 14.1. The molecule has 21 heavy (non-hydrogen) atoms. The van der Waals surface area contributed by atoms with Crippen LogP contribution in [0.25, 0.3) is 0 Å². The second-order valence-electron chi connectivity index (χ2n) is 7.04. The molecule has 0 aromatic carbocycles. The largest absolute Gasteiger partial charge is 0.371 e. The van der Waals surface area contributed by atoms with Crippen LogP contribution in [-0.2, 0) is 23.2 Å². The van der Waals surface area contributed by atoms with Crippen molar-refractivity contribution in [3.05, 3.63) is 23.3 Å². The maximum Gasteiger partial charge on any atom is 0.159 e. The van der Waals surface area contributed by atoms with E-state index >= 15 is 0 Å². The van der Waals surface area contributed by atoms with Crippen molar-refractivity contribution in [2.45, 2.75) is 52.6 Å². The van der Waals surface area contributed by atoms with Gasteiger partial charge in [0.2, 0.25) is 0 Å². The van der Waals surface area contributed by atoms with Crippen LogP contribution in [0.2, 0.25) is 0 Å². The predicted molar refractivity (Wildman–Crippen MR) is 85.3 cm³/mol. The Morgan fingerprint density at radius 2 is 2.19 bits per heavy atom. The number of ether oxygens (including phenoxy) is 1. The SMILES string of the molecule is COC(C)(C)c1ncc2c(n1)CCC(CNCC(C)C)C2. The van der Waals surface area contributed by atoms with Crippen molar-refractivity contribution in [3.8, 4) is 0 Å². The van der Waals surface area contributed by atoms with Crippen LogP contribution in [0.5, 0.6) is 0 Å². The molecule has 1 aliphatic rings. The number of nitrogens with one attached hydrogen (secondary N) is 1. The molecule has 1 atom stereocenters. The van der Waals surface area contributed by atoms with Crippen LogP contribution in [0.3, 0.4) is 0 Å². The average Bonchev–Trinajstić information content (AvgIpc) is 2.46. The minimum absolute atomic E-state index is 0.412. The van der Waals surface area contributed by atoms with Crippen LogP contribution in [0, 0.1) is 11.8 Å². The van der Waals surface area contributed by atoms with Gasteiger partial charge in [0.1, 0.15) is 5.60 Å². The molecule has 1 heterocycles. The molecule has 0 spiro atoms. The average molecular weight is 291 g/mol. The molecule has 1 N–H and O–H groups in total. The van der Waals surface area contributed by atoms with Crippen molar-refractivity contribution in [2.75, 3.05) is 20.2 Å². The van der Waals surface area contributed by atoms with Crippen molar-refractivity contribution in [2.24, 2.45) is 11.8 Å². The lowest BCUT2D eigenvalue weighted by atomic mass is 9.87. The van der Waals surface area contributed by atoms with Crippen LogP contribution < -0.4 is 5.32 Å². The van der Waals surface area contributed by atoms with E-state index < -0.39 is 5.60 Å². The van der Waals surface area contributed by atoms with Gasteiger partial charge >= 0.3 is 0 Å². The quantitative estimate of drug-likeness (QED) is 0.875. The summed E-state index contributed by atoms with van der Waals surface area (Å²) in [5, 5.41) is 3.57. The highest BCUT2D eigenvalue weighted by molar-refractivity contribution is 5.22. The van der Waals surface area contributed by atoms with Crippen LogP contribution in [0.4, 0.5) is 0 Å². The Morgan fingerprint density at radius 1 is 1.43 bits per heavy atom. The zero-order chi connectivity index (χ0) is 15.5. The van der Waals surface area contributed by atoms with Crippen molar-refractivity contribution >= 4 is 0 Å². The Morgan fingerprint density at radius 3 is 2.86 bits per heavy atom. The Hall–Kier alpha value is -1.00. The lowest BCUT2D eigenvalue weighted by molar-refractivity contribution is 0.0111. The number of methoxy groups -OCH3 is 1. The van der Waals surface area contributed by atoms with Crippen LogP contribution in [0.15, 0.2) is 6.20 Å². The third-order valence-corrected chi connectivity index (χ3v) is 4.29. The van der Waals surface area contributed by atoms with Gasteiger partial charge in [-0.3, -0.25) is 0 Å². The van der Waals surface area contributed by atoms with Crippen molar-refractivity contribution in [1.82, 2.24) is 15.3 Å². The molecule has 4 heteroatoms. The Kier molecular flexibility index (Phi) is 5.33. The van der Waals surface area contributed by atoms with Gasteiger partial charge in [-0.2, -0.15) is 0 Å². The highest BCUT2D eigenvalue weighted by Crippen LogP contribution is 2.26. The highest BCUT2D eigenvalue weighted by atomic mass is 16.5. The predicted octanol–water partition coefficient (Wildman–Crippen LogP) is 2.71. The molecule has 118 valence electrons. The van der Waals surface area contributed by atoms with Crippen LogP contribution >= 0.6 is 0 Å². The van der Waals surface area contributed by atoms with Crippen molar-refractivity contribution < 1.29 is 4.74 Å². The highest BCUT2D eigenvalue weighted by Gasteiger charge is 2.26. The fourth-order valence-corrected chi connectivity index (χ4v) is 2.71. The van der Waals surface area contributed by atoms with Crippen molar-refractivity contribution in [1.29, 1.82) is 0 Å². The lowest BCUT2D eigenvalue weighted by Gasteiger charge is -2.27. The van der Waals surface area contributed by atoms with Gasteiger partial charge < -0.3 is 10.1 Å². The summed E-state index contributed by atoms with van der Waals surface area (Å²) in [6, 6.07) is 0. The molecule has 0 bridgehead atoms. The number of aromatic nitrogens is 2. The number of nitrogens with zero attached hydrogens (tertiary/aromatic N) is 2. The molecule has 0 saturated heterocycles. The van der Waals surface area contributed by atoms with Gasteiger partial charge in [0.15, 0.2) is 5.82 Å². The van der Waals surface area contributed by atoms with Gasteiger partial charge in [-0.25, -0.2) is 9.97 Å². The van der Waals surface area contributed by atoms with Crippen LogP contribution in [0.1, 0.15) is 51.2 Å². The maximum atomic E-state index is 5.48. The lowest BCUT2D eigenvalue weighted by Crippen LogP contribution is -2.31. The molecule has 4 nitrogen and oxygen atoms in total. The first-order valence-electron chi connectivity index (χ1n) is 8.03. The summed E-state index contributed by atoms with van der Waals surface area (Å²) in [7, 11) is 1.71. The van der Waals surface area contributed by atoms with Gasteiger partial charge in [-0.1, -0.05) is 13.8 Å². The summed E-state index contributed by atoms with van der Waals surface area (Å²) in [6.07, 6.45) is 5.36.